The van der Waals surface area contributed by atoms with E-state index in [0.717, 1.165) is 18.2 Å². The van der Waals surface area contributed by atoms with E-state index in [-0.39, 0.29) is 22.2 Å². The van der Waals surface area contributed by atoms with E-state index in [1.807, 2.05) is 5.32 Å². The number of benzene rings is 2. The van der Waals surface area contributed by atoms with Crippen molar-refractivity contribution in [3.8, 4) is 17.2 Å². The molecule has 0 spiro atoms. The molecule has 0 aliphatic carbocycles. The molecule has 0 unspecified atom stereocenters. The van der Waals surface area contributed by atoms with Crippen molar-refractivity contribution in [2.24, 2.45) is 0 Å². The number of nitrogens with zero attached hydrogens (tertiary/aromatic N) is 1. The lowest BCUT2D eigenvalue weighted by Gasteiger charge is -2.18. The standard InChI is InChI=1S/C20H8BrF6N3O4/c21-7-3-11(24)16(34-15-9(22)1-6(2-10(15)23)20(25,26)27)12(4-7)30-13(31)5-8-14(17(30)28)19(33)29-18(8)32/h1-5H,28H2,(H,29,32,33). The highest BCUT2D eigenvalue weighted by Crippen LogP contribution is 2.39. The van der Waals surface area contributed by atoms with Crippen molar-refractivity contribution in [2.75, 3.05) is 5.73 Å². The Labute approximate surface area is 192 Å². The fraction of sp³-hybridized carbons (Fsp3) is 0.0500. The second-order valence-electron chi connectivity index (χ2n) is 6.88. The quantitative estimate of drug-likeness (QED) is 0.376. The van der Waals surface area contributed by atoms with Gasteiger partial charge in [-0.05, 0) is 24.3 Å². The number of nitrogens with one attached hydrogen (secondary N) is 1. The van der Waals surface area contributed by atoms with Crippen LogP contribution in [0.15, 0.2) is 39.6 Å². The molecule has 176 valence electrons. The van der Waals surface area contributed by atoms with Gasteiger partial charge in [0.2, 0.25) is 0 Å². The molecule has 0 bridgehead atoms. The summed E-state index contributed by atoms with van der Waals surface area (Å²) in [6, 6.07) is 2.44. The fourth-order valence-electron chi connectivity index (χ4n) is 3.26. The summed E-state index contributed by atoms with van der Waals surface area (Å²) in [7, 11) is 0. The molecule has 2 aromatic carbocycles. The number of alkyl halides is 3. The number of fused-ring (bicyclic) bond motifs is 1. The van der Waals surface area contributed by atoms with Crippen LogP contribution in [0.5, 0.6) is 11.5 Å². The smallest absolute Gasteiger partial charge is 0.416 e. The number of carbonyl (C=O) groups is 2. The molecular weight excluding hydrogens is 540 g/mol. The van der Waals surface area contributed by atoms with Crippen LogP contribution in [0.1, 0.15) is 26.3 Å². The van der Waals surface area contributed by atoms with Gasteiger partial charge in [-0.1, -0.05) is 15.9 Å². The van der Waals surface area contributed by atoms with Crippen LogP contribution in [-0.2, 0) is 6.18 Å². The number of nitrogens with two attached hydrogens (primary N) is 1. The lowest BCUT2D eigenvalue weighted by Crippen LogP contribution is -2.24. The SMILES string of the molecule is Nc1c2c(cc(=O)n1-c1cc(Br)cc(F)c1Oc1c(F)cc(C(F)(F)F)cc1F)C(=O)NC2=O. The van der Waals surface area contributed by atoms with Crippen LogP contribution in [0, 0.1) is 17.5 Å². The van der Waals surface area contributed by atoms with Crippen molar-refractivity contribution in [3.05, 3.63) is 79.3 Å². The number of hydrogen-bond acceptors (Lipinski definition) is 5. The second kappa shape index (κ2) is 7.90. The maximum absolute atomic E-state index is 14.8. The molecule has 0 radical (unpaired) electrons. The maximum Gasteiger partial charge on any atom is 0.416 e. The summed E-state index contributed by atoms with van der Waals surface area (Å²) in [6.45, 7) is 0. The van der Waals surface area contributed by atoms with Crippen molar-refractivity contribution in [1.82, 2.24) is 9.88 Å². The average molecular weight is 548 g/mol. The van der Waals surface area contributed by atoms with Gasteiger partial charge in [0, 0.05) is 10.5 Å². The summed E-state index contributed by atoms with van der Waals surface area (Å²) in [4.78, 5) is 36.6. The molecular formula is C20H8BrF6N3O4. The monoisotopic (exact) mass is 547 g/mol. The molecule has 1 aromatic heterocycles. The Morgan fingerprint density at radius 1 is 0.882 bits per heavy atom. The second-order valence-corrected chi connectivity index (χ2v) is 7.80. The molecule has 3 N–H and O–H groups in total. The molecule has 2 amide bonds. The molecule has 7 nitrogen and oxygen atoms in total. The van der Waals surface area contributed by atoms with Gasteiger partial charge in [-0.3, -0.25) is 24.3 Å². The lowest BCUT2D eigenvalue weighted by atomic mass is 10.1. The third-order valence-corrected chi connectivity index (χ3v) is 5.17. The molecule has 2 heterocycles. The van der Waals surface area contributed by atoms with E-state index in [4.69, 9.17) is 10.5 Å². The van der Waals surface area contributed by atoms with Gasteiger partial charge in [0.15, 0.2) is 29.0 Å². The molecule has 3 aromatic rings. The molecule has 1 aliphatic rings. The van der Waals surface area contributed by atoms with Gasteiger partial charge in [0.25, 0.3) is 17.4 Å². The summed E-state index contributed by atoms with van der Waals surface area (Å²) in [5, 5.41) is 1.92. The maximum atomic E-state index is 14.8. The van der Waals surface area contributed by atoms with Gasteiger partial charge in [0.05, 0.1) is 22.4 Å². The number of nitrogen functional groups attached to an aromatic ring is 1. The summed E-state index contributed by atoms with van der Waals surface area (Å²) in [6.07, 6.45) is -5.07. The number of pyridine rings is 1. The number of imide groups is 1. The molecule has 14 heteroatoms. The Hall–Kier alpha value is -3.81. The lowest BCUT2D eigenvalue weighted by molar-refractivity contribution is -0.138. The van der Waals surface area contributed by atoms with E-state index < -0.39 is 75.1 Å². The number of amides is 2. The molecule has 34 heavy (non-hydrogen) atoms. The molecule has 0 saturated heterocycles. The number of anilines is 1. The Kier molecular flexibility index (Phi) is 5.43. The summed E-state index contributed by atoms with van der Waals surface area (Å²) >= 11 is 2.96. The van der Waals surface area contributed by atoms with Gasteiger partial charge in [-0.25, -0.2) is 13.2 Å². The largest absolute Gasteiger partial charge is 0.446 e. The third kappa shape index (κ3) is 3.79. The van der Waals surface area contributed by atoms with Crippen molar-refractivity contribution in [1.29, 1.82) is 0 Å². The number of rotatable bonds is 3. The number of hydrogen-bond donors (Lipinski definition) is 2. The zero-order valence-electron chi connectivity index (χ0n) is 16.2. The van der Waals surface area contributed by atoms with E-state index in [2.05, 4.69) is 15.9 Å². The van der Waals surface area contributed by atoms with Gasteiger partial charge in [-0.2, -0.15) is 13.2 Å². The normalized spacial score (nSPS) is 13.1. The van der Waals surface area contributed by atoms with E-state index >= 15 is 0 Å². The Bertz CT molecular complexity index is 1450. The molecule has 0 fully saturated rings. The topological polar surface area (TPSA) is 103 Å². The van der Waals surface area contributed by atoms with Gasteiger partial charge in [0.1, 0.15) is 5.82 Å². The van der Waals surface area contributed by atoms with Crippen LogP contribution >= 0.6 is 15.9 Å². The number of ether oxygens (including phenoxy) is 1. The Balaban J connectivity index is 1.94. The number of carbonyl (C=O) groups excluding carboxylic acids is 2. The third-order valence-electron chi connectivity index (χ3n) is 4.71. The first kappa shape index (κ1) is 23.4. The van der Waals surface area contributed by atoms with Crippen LogP contribution in [0.2, 0.25) is 0 Å². The summed E-state index contributed by atoms with van der Waals surface area (Å²) in [5.41, 5.74) is 1.87. The van der Waals surface area contributed by atoms with Gasteiger partial charge >= 0.3 is 6.18 Å². The minimum absolute atomic E-state index is 0.00644. The number of halogens is 7. The Morgan fingerprint density at radius 2 is 1.47 bits per heavy atom. The van der Waals surface area contributed by atoms with E-state index in [0.29, 0.717) is 4.57 Å². The van der Waals surface area contributed by atoms with Gasteiger partial charge < -0.3 is 10.5 Å². The molecule has 0 atom stereocenters. The zero-order valence-corrected chi connectivity index (χ0v) is 17.8. The van der Waals surface area contributed by atoms with Crippen molar-refractivity contribution in [3.63, 3.8) is 0 Å². The summed E-state index contributed by atoms with van der Waals surface area (Å²) in [5.74, 6) is -9.78. The van der Waals surface area contributed by atoms with Crippen LogP contribution in [0.3, 0.4) is 0 Å². The van der Waals surface area contributed by atoms with Crippen molar-refractivity contribution >= 4 is 33.6 Å². The van der Waals surface area contributed by atoms with Crippen LogP contribution in [0.25, 0.3) is 5.69 Å². The first-order chi connectivity index (χ1) is 15.8. The minimum atomic E-state index is -5.07. The predicted molar refractivity (Wildman–Crippen MR) is 107 cm³/mol. The highest BCUT2D eigenvalue weighted by atomic mass is 79.9. The van der Waals surface area contributed by atoms with Crippen LogP contribution < -0.4 is 21.3 Å². The predicted octanol–water partition coefficient (Wildman–Crippen LogP) is 4.29. The highest BCUT2D eigenvalue weighted by Gasteiger charge is 2.35. The van der Waals surface area contributed by atoms with Crippen molar-refractivity contribution < 1.29 is 40.7 Å². The fourth-order valence-corrected chi connectivity index (χ4v) is 3.68. The number of aromatic nitrogens is 1. The highest BCUT2D eigenvalue weighted by molar-refractivity contribution is 9.10. The minimum Gasteiger partial charge on any atom is -0.446 e. The van der Waals surface area contributed by atoms with E-state index in [1.54, 1.807) is 0 Å². The Morgan fingerprint density at radius 3 is 2.06 bits per heavy atom. The van der Waals surface area contributed by atoms with Crippen molar-refractivity contribution in [2.45, 2.75) is 6.18 Å². The molecule has 0 saturated carbocycles. The van der Waals surface area contributed by atoms with E-state index in [9.17, 15) is 40.7 Å². The van der Waals surface area contributed by atoms with E-state index in [1.165, 1.54) is 0 Å². The molecule has 4 rings (SSSR count). The van der Waals surface area contributed by atoms with Gasteiger partial charge in [-0.15, -0.1) is 0 Å². The zero-order chi connectivity index (χ0) is 25.1. The van der Waals surface area contributed by atoms with Crippen LogP contribution in [0.4, 0.5) is 32.2 Å². The molecule has 1 aliphatic heterocycles. The first-order valence-electron chi connectivity index (χ1n) is 8.94. The average Bonchev–Trinajstić information content (AvgIpc) is 2.98. The summed E-state index contributed by atoms with van der Waals surface area (Å²) < 4.78 is 87.4. The first-order valence-corrected chi connectivity index (χ1v) is 9.73. The van der Waals surface area contributed by atoms with Crippen LogP contribution in [-0.4, -0.2) is 16.4 Å².